The van der Waals surface area contributed by atoms with E-state index in [9.17, 15) is 4.79 Å². The quantitative estimate of drug-likeness (QED) is 0.766. The van der Waals surface area contributed by atoms with Crippen molar-refractivity contribution in [3.05, 3.63) is 59.7 Å². The van der Waals surface area contributed by atoms with Gasteiger partial charge in [-0.15, -0.1) is 0 Å². The zero-order chi connectivity index (χ0) is 13.2. The van der Waals surface area contributed by atoms with Crippen molar-refractivity contribution in [1.82, 2.24) is 0 Å². The van der Waals surface area contributed by atoms with Crippen LogP contribution < -0.4 is 0 Å². The lowest BCUT2D eigenvalue weighted by Gasteiger charge is -2.12. The van der Waals surface area contributed by atoms with Crippen LogP contribution in [-0.2, 0) is 4.74 Å². The molecule has 0 aliphatic heterocycles. The van der Waals surface area contributed by atoms with Crippen molar-refractivity contribution in [3.8, 4) is 11.1 Å². The fourth-order valence-corrected chi connectivity index (χ4v) is 2.91. The van der Waals surface area contributed by atoms with E-state index < -0.39 is 5.30 Å². The summed E-state index contributed by atoms with van der Waals surface area (Å²) >= 11 is 4.41. The molecule has 0 saturated heterocycles. The summed E-state index contributed by atoms with van der Waals surface area (Å²) in [5.41, 5.74) is 5.19. The van der Waals surface area contributed by atoms with Crippen molar-refractivity contribution in [3.63, 3.8) is 0 Å². The first kappa shape index (κ1) is 12.2. The van der Waals surface area contributed by atoms with E-state index in [-0.39, 0.29) is 0 Å². The monoisotopic (exact) mass is 269 g/mol. The molecule has 19 heavy (non-hydrogen) atoms. The molecular weight excluding hydrogens is 256 g/mol. The van der Waals surface area contributed by atoms with Gasteiger partial charge in [-0.1, -0.05) is 48.5 Å². The summed E-state index contributed by atoms with van der Waals surface area (Å²) < 4.78 is 4.91. The van der Waals surface area contributed by atoms with Crippen molar-refractivity contribution in [2.75, 3.05) is 6.61 Å². The van der Waals surface area contributed by atoms with Crippen LogP contribution in [0.1, 0.15) is 23.5 Å². The number of carbonyl (C=O) groups is 1. The van der Waals surface area contributed by atoms with Gasteiger partial charge in [-0.2, -0.15) is 0 Å². The lowest BCUT2D eigenvalue weighted by Crippen LogP contribution is -2.04. The number of benzene rings is 2. The van der Waals surface area contributed by atoms with E-state index in [1.54, 1.807) is 0 Å². The fourth-order valence-electron chi connectivity index (χ4n) is 2.83. The van der Waals surface area contributed by atoms with Gasteiger partial charge >= 0.3 is 5.30 Å². The molecule has 0 fully saturated rings. The molecule has 95 valence electrons. The molecule has 0 bridgehead atoms. The summed E-state index contributed by atoms with van der Waals surface area (Å²) in [4.78, 5) is 10.7. The molecule has 1 radical (unpaired) electrons. The highest BCUT2D eigenvalue weighted by Gasteiger charge is 2.27. The molecule has 0 aromatic heterocycles. The van der Waals surface area contributed by atoms with Crippen LogP contribution in [0.15, 0.2) is 48.5 Å². The molecule has 1 aliphatic carbocycles. The average Bonchev–Trinajstić information content (AvgIpc) is 2.74. The molecule has 0 saturated carbocycles. The van der Waals surface area contributed by atoms with Crippen LogP contribution >= 0.6 is 12.6 Å². The SMILES string of the molecule is O=C([S])OCCC1c2ccccc2-c2ccccc21. The summed E-state index contributed by atoms with van der Waals surface area (Å²) in [6, 6.07) is 16.8. The highest BCUT2D eigenvalue weighted by Crippen LogP contribution is 2.45. The topological polar surface area (TPSA) is 26.3 Å². The normalized spacial score (nSPS) is 12.8. The van der Waals surface area contributed by atoms with Crippen LogP contribution in [0.3, 0.4) is 0 Å². The molecule has 0 amide bonds. The standard InChI is InChI=1S/C16H13O2S/c17-16(19)18-10-9-15-13-7-3-1-5-11(13)12-6-2-4-8-14(12)15/h1-8,15H,9-10H2. The second-order valence-electron chi connectivity index (χ2n) is 4.61. The van der Waals surface area contributed by atoms with E-state index in [0.717, 1.165) is 6.42 Å². The molecule has 2 nitrogen and oxygen atoms in total. The smallest absolute Gasteiger partial charge is 0.400 e. The zero-order valence-corrected chi connectivity index (χ0v) is 11.2. The van der Waals surface area contributed by atoms with E-state index in [4.69, 9.17) is 4.74 Å². The third kappa shape index (κ3) is 2.22. The summed E-state index contributed by atoms with van der Waals surface area (Å²) in [7, 11) is 0. The van der Waals surface area contributed by atoms with Gasteiger partial charge in [0, 0.05) is 18.5 Å². The highest BCUT2D eigenvalue weighted by atomic mass is 32.1. The minimum absolute atomic E-state index is 0.293. The van der Waals surface area contributed by atoms with Gasteiger partial charge in [0.15, 0.2) is 0 Å². The second kappa shape index (κ2) is 5.02. The second-order valence-corrected chi connectivity index (χ2v) is 4.95. The Morgan fingerprint density at radius 1 is 1.00 bits per heavy atom. The third-order valence-electron chi connectivity index (χ3n) is 3.59. The van der Waals surface area contributed by atoms with Crippen LogP contribution in [0.4, 0.5) is 4.79 Å². The van der Waals surface area contributed by atoms with E-state index in [1.165, 1.54) is 22.3 Å². The van der Waals surface area contributed by atoms with Gasteiger partial charge in [-0.05, 0) is 28.7 Å². The van der Waals surface area contributed by atoms with E-state index in [0.29, 0.717) is 12.5 Å². The van der Waals surface area contributed by atoms with Gasteiger partial charge < -0.3 is 4.74 Å². The molecule has 0 atom stereocenters. The predicted octanol–water partition coefficient (Wildman–Crippen LogP) is 4.52. The van der Waals surface area contributed by atoms with Gasteiger partial charge in [0.05, 0.1) is 6.61 Å². The maximum Gasteiger partial charge on any atom is 0.400 e. The minimum Gasteiger partial charge on any atom is -0.454 e. The molecule has 0 heterocycles. The minimum atomic E-state index is -0.625. The lowest BCUT2D eigenvalue weighted by atomic mass is 9.94. The van der Waals surface area contributed by atoms with Gasteiger partial charge in [-0.3, -0.25) is 0 Å². The summed E-state index contributed by atoms with van der Waals surface area (Å²) in [5, 5.41) is -0.625. The van der Waals surface area contributed by atoms with Crippen LogP contribution in [0.25, 0.3) is 11.1 Å². The van der Waals surface area contributed by atoms with Crippen LogP contribution in [0, 0.1) is 0 Å². The molecule has 2 aromatic carbocycles. The Morgan fingerprint density at radius 3 is 2.05 bits per heavy atom. The van der Waals surface area contributed by atoms with E-state index in [2.05, 4.69) is 61.2 Å². The number of fused-ring (bicyclic) bond motifs is 3. The largest absolute Gasteiger partial charge is 0.454 e. The molecule has 3 heteroatoms. The van der Waals surface area contributed by atoms with Gasteiger partial charge in [-0.25, -0.2) is 4.79 Å². The van der Waals surface area contributed by atoms with Crippen LogP contribution in [0.2, 0.25) is 0 Å². The van der Waals surface area contributed by atoms with E-state index >= 15 is 0 Å². The molecular formula is C16H13O2S. The average molecular weight is 269 g/mol. The number of hydrogen-bond donors (Lipinski definition) is 0. The van der Waals surface area contributed by atoms with Crippen molar-refractivity contribution < 1.29 is 9.53 Å². The highest BCUT2D eigenvalue weighted by molar-refractivity contribution is 7.96. The Bertz CT molecular complexity index is 576. The first-order valence-electron chi connectivity index (χ1n) is 6.29. The predicted molar refractivity (Wildman–Crippen MR) is 77.3 cm³/mol. The Balaban J connectivity index is 1.93. The Hall–Kier alpha value is -1.87. The molecule has 0 spiro atoms. The molecule has 0 N–H and O–H groups in total. The first-order valence-corrected chi connectivity index (χ1v) is 6.70. The number of ether oxygens (including phenoxy) is 1. The Kier molecular flexibility index (Phi) is 3.22. The lowest BCUT2D eigenvalue weighted by molar-refractivity contribution is 0.172. The van der Waals surface area contributed by atoms with Crippen LogP contribution in [0.5, 0.6) is 0 Å². The Morgan fingerprint density at radius 2 is 1.53 bits per heavy atom. The fraction of sp³-hybridized carbons (Fsp3) is 0.188. The summed E-state index contributed by atoms with van der Waals surface area (Å²) in [5.74, 6) is 0.293. The first-order chi connectivity index (χ1) is 9.27. The maximum atomic E-state index is 10.7. The van der Waals surface area contributed by atoms with Gasteiger partial charge in [0.2, 0.25) is 0 Å². The van der Waals surface area contributed by atoms with Crippen molar-refractivity contribution in [1.29, 1.82) is 0 Å². The maximum absolute atomic E-state index is 10.7. The molecule has 0 unspecified atom stereocenters. The van der Waals surface area contributed by atoms with Gasteiger partial charge in [0.25, 0.3) is 0 Å². The van der Waals surface area contributed by atoms with Gasteiger partial charge in [0.1, 0.15) is 0 Å². The molecule has 1 aliphatic rings. The Labute approximate surface area is 117 Å². The van der Waals surface area contributed by atoms with E-state index in [1.807, 2.05) is 0 Å². The van der Waals surface area contributed by atoms with Crippen molar-refractivity contribution in [2.24, 2.45) is 0 Å². The summed E-state index contributed by atoms with van der Waals surface area (Å²) in [6.07, 6.45) is 0.774. The molecule has 2 aromatic rings. The third-order valence-corrected chi connectivity index (χ3v) is 3.71. The zero-order valence-electron chi connectivity index (χ0n) is 10.3. The number of rotatable bonds is 3. The van der Waals surface area contributed by atoms with Crippen molar-refractivity contribution >= 4 is 17.9 Å². The number of hydrogen-bond acceptors (Lipinski definition) is 2. The van der Waals surface area contributed by atoms with Crippen molar-refractivity contribution in [2.45, 2.75) is 12.3 Å². The summed E-state index contributed by atoms with van der Waals surface area (Å²) in [6.45, 7) is 0.371. The number of carbonyl (C=O) groups excluding carboxylic acids is 1. The van der Waals surface area contributed by atoms with Crippen LogP contribution in [-0.4, -0.2) is 11.9 Å². The molecule has 3 rings (SSSR count).